The van der Waals surface area contributed by atoms with Crippen molar-refractivity contribution in [3.05, 3.63) is 93.6 Å². The molecule has 176 valence electrons. The molecule has 1 aliphatic heterocycles. The fraction of sp³-hybridized carbons (Fsp3) is 0.269. The van der Waals surface area contributed by atoms with E-state index < -0.39 is 0 Å². The largest absolute Gasteiger partial charge is 0.353 e. The Labute approximate surface area is 209 Å². The molecule has 1 saturated heterocycles. The van der Waals surface area contributed by atoms with Gasteiger partial charge in [-0.05, 0) is 48.7 Å². The zero-order valence-corrected chi connectivity index (χ0v) is 20.2. The van der Waals surface area contributed by atoms with Crippen LogP contribution in [-0.4, -0.2) is 54.4 Å². The Kier molecular flexibility index (Phi) is 8.03. The number of nitrogens with one attached hydrogen (secondary N) is 1. The molecule has 2 heterocycles. The van der Waals surface area contributed by atoms with Gasteiger partial charge in [-0.3, -0.25) is 9.59 Å². The van der Waals surface area contributed by atoms with Crippen LogP contribution in [0.3, 0.4) is 0 Å². The first kappa shape index (κ1) is 24.0. The molecule has 6 nitrogen and oxygen atoms in total. The number of carbonyl (C=O) groups excluding carboxylic acids is 2. The van der Waals surface area contributed by atoms with Gasteiger partial charge in [0.15, 0.2) is 0 Å². The van der Waals surface area contributed by atoms with E-state index in [-0.39, 0.29) is 11.8 Å². The predicted octanol–water partition coefficient (Wildman–Crippen LogP) is 4.71. The molecule has 0 atom stereocenters. The summed E-state index contributed by atoms with van der Waals surface area (Å²) in [6.07, 6.45) is 3.41. The minimum absolute atomic E-state index is 0.0868. The van der Waals surface area contributed by atoms with Crippen LogP contribution in [0.1, 0.15) is 32.7 Å². The van der Waals surface area contributed by atoms with Gasteiger partial charge in [0, 0.05) is 54.5 Å². The van der Waals surface area contributed by atoms with E-state index >= 15 is 0 Å². The number of carbonyl (C=O) groups is 2. The fourth-order valence-corrected chi connectivity index (χ4v) is 4.47. The Morgan fingerprint density at radius 2 is 1.59 bits per heavy atom. The van der Waals surface area contributed by atoms with E-state index in [2.05, 4.69) is 27.3 Å². The normalized spacial score (nSPS) is 13.6. The maximum absolute atomic E-state index is 12.8. The Bertz CT molecular complexity index is 1110. The van der Waals surface area contributed by atoms with Gasteiger partial charge < -0.3 is 15.1 Å². The number of benzene rings is 2. The molecule has 1 fully saturated rings. The van der Waals surface area contributed by atoms with Crippen LogP contribution in [0.25, 0.3) is 0 Å². The zero-order chi connectivity index (χ0) is 23.9. The molecule has 0 spiro atoms. The van der Waals surface area contributed by atoms with E-state index in [0.29, 0.717) is 53.9 Å². The van der Waals surface area contributed by atoms with Gasteiger partial charge in [-0.15, -0.1) is 0 Å². The third kappa shape index (κ3) is 6.27. The van der Waals surface area contributed by atoms with Crippen LogP contribution in [0.2, 0.25) is 10.0 Å². The molecule has 2 amide bonds. The van der Waals surface area contributed by atoms with E-state index in [9.17, 15) is 9.59 Å². The van der Waals surface area contributed by atoms with Gasteiger partial charge in [0.1, 0.15) is 5.82 Å². The van der Waals surface area contributed by atoms with Crippen molar-refractivity contribution in [2.75, 3.05) is 37.6 Å². The number of piperazine rings is 1. The third-order valence-corrected chi connectivity index (χ3v) is 6.22. The van der Waals surface area contributed by atoms with Gasteiger partial charge in [0.05, 0.1) is 5.56 Å². The van der Waals surface area contributed by atoms with Crippen LogP contribution in [0, 0.1) is 0 Å². The number of hydrogen-bond donors (Lipinski definition) is 1. The van der Waals surface area contributed by atoms with Crippen LogP contribution in [0.5, 0.6) is 0 Å². The Morgan fingerprint density at radius 3 is 2.24 bits per heavy atom. The standard InChI is InChI=1S/C26H26Cl2N4O2/c27-22-15-21(16-23(28)17-22)26(34)32-13-11-31(12-14-32)24-9-8-20(18-30-24)25(33)29-10-4-7-19-5-2-1-3-6-19/h1-3,5-6,8-9,15-18H,4,7,10-14H2,(H,29,33). The summed E-state index contributed by atoms with van der Waals surface area (Å²) in [5, 5.41) is 3.84. The molecular formula is C26H26Cl2N4O2. The molecule has 0 bridgehead atoms. The summed E-state index contributed by atoms with van der Waals surface area (Å²) < 4.78 is 0. The molecule has 1 N–H and O–H groups in total. The highest BCUT2D eigenvalue weighted by Gasteiger charge is 2.23. The van der Waals surface area contributed by atoms with Crippen molar-refractivity contribution in [2.24, 2.45) is 0 Å². The zero-order valence-electron chi connectivity index (χ0n) is 18.7. The molecule has 3 aromatic rings. The summed E-state index contributed by atoms with van der Waals surface area (Å²) in [5.41, 5.74) is 2.29. The van der Waals surface area contributed by atoms with Crippen LogP contribution in [-0.2, 0) is 6.42 Å². The van der Waals surface area contributed by atoms with Crippen molar-refractivity contribution in [1.82, 2.24) is 15.2 Å². The van der Waals surface area contributed by atoms with Crippen LogP contribution in [0.4, 0.5) is 5.82 Å². The molecule has 0 saturated carbocycles. The van der Waals surface area contributed by atoms with Crippen molar-refractivity contribution in [2.45, 2.75) is 12.8 Å². The maximum Gasteiger partial charge on any atom is 0.254 e. The first-order chi connectivity index (χ1) is 16.5. The predicted molar refractivity (Wildman–Crippen MR) is 136 cm³/mol. The fourth-order valence-electron chi connectivity index (χ4n) is 3.95. The van der Waals surface area contributed by atoms with Gasteiger partial charge >= 0.3 is 0 Å². The molecular weight excluding hydrogens is 471 g/mol. The lowest BCUT2D eigenvalue weighted by atomic mass is 10.1. The number of anilines is 1. The lowest BCUT2D eigenvalue weighted by Gasteiger charge is -2.35. The van der Waals surface area contributed by atoms with Crippen LogP contribution < -0.4 is 10.2 Å². The van der Waals surface area contributed by atoms with E-state index in [4.69, 9.17) is 23.2 Å². The number of aromatic nitrogens is 1. The molecule has 4 rings (SSSR count). The topological polar surface area (TPSA) is 65.5 Å². The highest BCUT2D eigenvalue weighted by atomic mass is 35.5. The Morgan fingerprint density at radius 1 is 0.882 bits per heavy atom. The second-order valence-corrected chi connectivity index (χ2v) is 9.06. The molecule has 34 heavy (non-hydrogen) atoms. The van der Waals surface area contributed by atoms with Gasteiger partial charge in [-0.1, -0.05) is 53.5 Å². The van der Waals surface area contributed by atoms with Crippen LogP contribution >= 0.6 is 23.2 Å². The second kappa shape index (κ2) is 11.4. The van der Waals surface area contributed by atoms with Gasteiger partial charge in [-0.2, -0.15) is 0 Å². The Balaban J connectivity index is 1.25. The molecule has 0 radical (unpaired) electrons. The van der Waals surface area contributed by atoms with E-state index in [1.807, 2.05) is 24.3 Å². The molecule has 0 aliphatic carbocycles. The van der Waals surface area contributed by atoms with E-state index in [0.717, 1.165) is 18.7 Å². The molecule has 8 heteroatoms. The minimum Gasteiger partial charge on any atom is -0.353 e. The summed E-state index contributed by atoms with van der Waals surface area (Å²) >= 11 is 12.1. The summed E-state index contributed by atoms with van der Waals surface area (Å²) in [7, 11) is 0. The maximum atomic E-state index is 12.8. The lowest BCUT2D eigenvalue weighted by Crippen LogP contribution is -2.49. The third-order valence-electron chi connectivity index (χ3n) is 5.78. The highest BCUT2D eigenvalue weighted by Crippen LogP contribution is 2.21. The minimum atomic E-state index is -0.122. The summed E-state index contributed by atoms with van der Waals surface area (Å²) in [6.45, 7) is 3.04. The first-order valence-corrected chi connectivity index (χ1v) is 12.0. The van der Waals surface area contributed by atoms with E-state index in [1.54, 1.807) is 35.4 Å². The second-order valence-electron chi connectivity index (χ2n) is 8.19. The number of nitrogens with zero attached hydrogens (tertiary/aromatic N) is 3. The van der Waals surface area contributed by atoms with Crippen molar-refractivity contribution in [3.8, 4) is 0 Å². The molecule has 0 unspecified atom stereocenters. The van der Waals surface area contributed by atoms with Crippen LogP contribution in [0.15, 0.2) is 66.9 Å². The quantitative estimate of drug-likeness (QED) is 0.480. The Hall–Kier alpha value is -3.09. The number of halogens is 2. The van der Waals surface area contributed by atoms with Crippen molar-refractivity contribution >= 4 is 40.8 Å². The van der Waals surface area contributed by atoms with E-state index in [1.165, 1.54) is 5.56 Å². The molecule has 1 aromatic heterocycles. The van der Waals surface area contributed by atoms with Gasteiger partial charge in [-0.25, -0.2) is 4.98 Å². The number of amides is 2. The number of rotatable bonds is 7. The average Bonchev–Trinajstić information content (AvgIpc) is 2.86. The smallest absolute Gasteiger partial charge is 0.254 e. The summed E-state index contributed by atoms with van der Waals surface area (Å²) in [5.74, 6) is 0.581. The molecule has 1 aliphatic rings. The number of hydrogen-bond acceptors (Lipinski definition) is 4. The van der Waals surface area contributed by atoms with Crippen molar-refractivity contribution in [1.29, 1.82) is 0 Å². The highest BCUT2D eigenvalue weighted by molar-refractivity contribution is 6.35. The number of aryl methyl sites for hydroxylation is 1. The molecule has 2 aromatic carbocycles. The number of pyridine rings is 1. The van der Waals surface area contributed by atoms with Crippen molar-refractivity contribution < 1.29 is 9.59 Å². The van der Waals surface area contributed by atoms with Gasteiger partial charge in [0.2, 0.25) is 0 Å². The van der Waals surface area contributed by atoms with Crippen molar-refractivity contribution in [3.63, 3.8) is 0 Å². The first-order valence-electron chi connectivity index (χ1n) is 11.3. The SMILES string of the molecule is O=C(NCCCc1ccccc1)c1ccc(N2CCN(C(=O)c3cc(Cl)cc(Cl)c3)CC2)nc1. The summed E-state index contributed by atoms with van der Waals surface area (Å²) in [6, 6.07) is 18.7. The monoisotopic (exact) mass is 496 g/mol. The lowest BCUT2D eigenvalue weighted by molar-refractivity contribution is 0.0746. The van der Waals surface area contributed by atoms with Gasteiger partial charge in [0.25, 0.3) is 11.8 Å². The summed E-state index contributed by atoms with van der Waals surface area (Å²) in [4.78, 5) is 33.6. The average molecular weight is 497 g/mol.